The third kappa shape index (κ3) is 4.16. The van der Waals surface area contributed by atoms with E-state index in [0.29, 0.717) is 24.0 Å². The van der Waals surface area contributed by atoms with Crippen LogP contribution in [0, 0.1) is 6.92 Å². The van der Waals surface area contributed by atoms with E-state index in [2.05, 4.69) is 10.2 Å². The van der Waals surface area contributed by atoms with Gasteiger partial charge in [0.2, 0.25) is 10.0 Å². The van der Waals surface area contributed by atoms with Crippen molar-refractivity contribution in [3.8, 4) is 5.75 Å². The molecule has 3 rings (SSSR count). The van der Waals surface area contributed by atoms with Gasteiger partial charge in [0.15, 0.2) is 0 Å². The Morgan fingerprint density at radius 1 is 1.20 bits per heavy atom. The third-order valence-corrected chi connectivity index (χ3v) is 6.80. The largest absolute Gasteiger partial charge is 0.491 e. The van der Waals surface area contributed by atoms with Crippen LogP contribution in [0.15, 0.2) is 23.1 Å². The van der Waals surface area contributed by atoms with Crippen LogP contribution in [0.3, 0.4) is 0 Å². The van der Waals surface area contributed by atoms with E-state index >= 15 is 0 Å². The highest BCUT2D eigenvalue weighted by Gasteiger charge is 2.35. The summed E-state index contributed by atoms with van der Waals surface area (Å²) in [5, 5.41) is 3.34. The summed E-state index contributed by atoms with van der Waals surface area (Å²) in [4.78, 5) is 2.78. The molecule has 140 valence electrons. The molecule has 1 atom stereocenters. The van der Waals surface area contributed by atoms with Gasteiger partial charge in [-0.15, -0.1) is 0 Å². The predicted molar refractivity (Wildman–Crippen MR) is 98.5 cm³/mol. The van der Waals surface area contributed by atoms with Crippen molar-refractivity contribution in [1.29, 1.82) is 0 Å². The summed E-state index contributed by atoms with van der Waals surface area (Å²) in [6.45, 7) is 11.0. The van der Waals surface area contributed by atoms with E-state index in [9.17, 15) is 8.42 Å². The van der Waals surface area contributed by atoms with E-state index < -0.39 is 10.0 Å². The molecule has 0 aliphatic carbocycles. The van der Waals surface area contributed by atoms with E-state index in [0.717, 1.165) is 43.9 Å². The number of hydrogen-bond acceptors (Lipinski definition) is 5. The second-order valence-electron chi connectivity index (χ2n) is 7.19. The van der Waals surface area contributed by atoms with Gasteiger partial charge in [0.05, 0.1) is 11.0 Å². The van der Waals surface area contributed by atoms with Gasteiger partial charge in [0.25, 0.3) is 0 Å². The average molecular weight is 368 g/mol. The van der Waals surface area contributed by atoms with Crippen LogP contribution < -0.4 is 10.1 Å². The highest BCUT2D eigenvalue weighted by molar-refractivity contribution is 7.89. The second kappa shape index (κ2) is 7.61. The number of piperazine rings is 1. The van der Waals surface area contributed by atoms with Gasteiger partial charge in [-0.05, 0) is 51.0 Å². The van der Waals surface area contributed by atoms with Gasteiger partial charge in [-0.1, -0.05) is 0 Å². The fourth-order valence-corrected chi connectivity index (χ4v) is 5.17. The smallest absolute Gasteiger partial charge is 0.243 e. The van der Waals surface area contributed by atoms with E-state index in [1.807, 2.05) is 20.8 Å². The fourth-order valence-electron chi connectivity index (χ4n) is 3.59. The maximum Gasteiger partial charge on any atom is 0.243 e. The summed E-state index contributed by atoms with van der Waals surface area (Å²) >= 11 is 0. The number of nitrogens with zero attached hydrogens (tertiary/aromatic N) is 2. The summed E-state index contributed by atoms with van der Waals surface area (Å²) in [6.07, 6.45) is 0.978. The number of sulfonamides is 1. The molecule has 0 spiro atoms. The van der Waals surface area contributed by atoms with Crippen molar-refractivity contribution in [3.63, 3.8) is 0 Å². The van der Waals surface area contributed by atoms with E-state index in [1.165, 1.54) is 0 Å². The zero-order valence-electron chi connectivity index (χ0n) is 15.4. The second-order valence-corrected chi connectivity index (χ2v) is 9.12. The number of nitrogens with one attached hydrogen (secondary N) is 1. The number of aryl methyl sites for hydroxylation is 1. The van der Waals surface area contributed by atoms with Gasteiger partial charge in [-0.25, -0.2) is 8.42 Å². The molecule has 6 nitrogen and oxygen atoms in total. The monoisotopic (exact) mass is 367 g/mol. The summed E-state index contributed by atoms with van der Waals surface area (Å²) in [7, 11) is -3.44. The number of rotatable bonds is 5. The summed E-state index contributed by atoms with van der Waals surface area (Å²) in [5.41, 5.74) is 0.854. The lowest BCUT2D eigenvalue weighted by Crippen LogP contribution is -2.49. The van der Waals surface area contributed by atoms with Crippen molar-refractivity contribution in [1.82, 2.24) is 14.5 Å². The van der Waals surface area contributed by atoms with Gasteiger partial charge in [-0.3, -0.25) is 4.90 Å². The molecule has 0 saturated carbocycles. The van der Waals surface area contributed by atoms with E-state index in [4.69, 9.17) is 4.74 Å². The van der Waals surface area contributed by atoms with E-state index in [-0.39, 0.29) is 6.10 Å². The molecule has 0 aromatic heterocycles. The first-order chi connectivity index (χ1) is 11.9. The molecule has 1 N–H and O–H groups in total. The molecule has 7 heteroatoms. The van der Waals surface area contributed by atoms with Crippen LogP contribution >= 0.6 is 0 Å². The van der Waals surface area contributed by atoms with Crippen molar-refractivity contribution in [3.05, 3.63) is 23.8 Å². The van der Waals surface area contributed by atoms with Crippen molar-refractivity contribution >= 4 is 10.0 Å². The lowest BCUT2D eigenvalue weighted by Gasteiger charge is -2.32. The lowest BCUT2D eigenvalue weighted by molar-refractivity contribution is 0.179. The molecular formula is C18H29N3O3S. The lowest BCUT2D eigenvalue weighted by atomic mass is 10.2. The van der Waals surface area contributed by atoms with E-state index in [1.54, 1.807) is 22.5 Å². The topological polar surface area (TPSA) is 61.9 Å². The fraction of sp³-hybridized carbons (Fsp3) is 0.667. The van der Waals surface area contributed by atoms with Crippen molar-refractivity contribution in [2.45, 2.75) is 44.2 Å². The van der Waals surface area contributed by atoms with Crippen LogP contribution in [-0.4, -0.2) is 69.0 Å². The molecule has 2 fully saturated rings. The van der Waals surface area contributed by atoms with Crippen LogP contribution in [0.4, 0.5) is 0 Å². The first-order valence-electron chi connectivity index (χ1n) is 9.10. The minimum Gasteiger partial charge on any atom is -0.491 e. The number of hydrogen-bond donors (Lipinski definition) is 1. The molecule has 0 bridgehead atoms. The van der Waals surface area contributed by atoms with Crippen molar-refractivity contribution in [2.75, 3.05) is 39.3 Å². The minimum absolute atomic E-state index is 0.0690. The van der Waals surface area contributed by atoms with Crippen molar-refractivity contribution in [2.24, 2.45) is 0 Å². The number of benzene rings is 1. The minimum atomic E-state index is -3.44. The van der Waals surface area contributed by atoms with Crippen LogP contribution in [0.2, 0.25) is 0 Å². The van der Waals surface area contributed by atoms with Gasteiger partial charge >= 0.3 is 0 Å². The summed E-state index contributed by atoms with van der Waals surface area (Å²) < 4.78 is 33.4. The molecule has 0 amide bonds. The Kier molecular flexibility index (Phi) is 5.68. The van der Waals surface area contributed by atoms with Crippen LogP contribution in [-0.2, 0) is 10.0 Å². The maximum atomic E-state index is 13.0. The standard InChI is InChI=1S/C18H29N3O3S/c1-14(2)24-18-5-4-17(12-15(18)3)25(22,23)21-9-6-16(13-21)20-10-7-19-8-11-20/h4-5,12,14,16,19H,6-11,13H2,1-3H3. The normalized spacial score (nSPS) is 23.3. The Morgan fingerprint density at radius 3 is 2.56 bits per heavy atom. The first-order valence-corrected chi connectivity index (χ1v) is 10.5. The highest BCUT2D eigenvalue weighted by Crippen LogP contribution is 2.28. The van der Waals surface area contributed by atoms with Crippen LogP contribution in [0.25, 0.3) is 0 Å². The quantitative estimate of drug-likeness (QED) is 0.854. The molecule has 2 heterocycles. The third-order valence-electron chi connectivity index (χ3n) is 4.94. The Hall–Kier alpha value is -1.15. The summed E-state index contributed by atoms with van der Waals surface area (Å²) in [5.74, 6) is 0.745. The molecule has 0 radical (unpaired) electrons. The molecule has 1 aromatic rings. The highest BCUT2D eigenvalue weighted by atomic mass is 32.2. The molecule has 25 heavy (non-hydrogen) atoms. The van der Waals surface area contributed by atoms with Crippen molar-refractivity contribution < 1.29 is 13.2 Å². The summed E-state index contributed by atoms with van der Waals surface area (Å²) in [6, 6.07) is 5.50. The Balaban J connectivity index is 1.72. The van der Waals surface area contributed by atoms with Gasteiger partial charge in [0, 0.05) is 45.3 Å². The molecule has 1 aromatic carbocycles. The molecule has 2 aliphatic heterocycles. The molecule has 2 aliphatic rings. The SMILES string of the molecule is Cc1cc(S(=O)(=O)N2CCC(N3CCNCC3)C2)ccc1OC(C)C. The Morgan fingerprint density at radius 2 is 1.92 bits per heavy atom. The zero-order chi connectivity index (χ0) is 18.0. The zero-order valence-corrected chi connectivity index (χ0v) is 16.2. The van der Waals surface area contributed by atoms with Gasteiger partial charge in [0.1, 0.15) is 5.75 Å². The van der Waals surface area contributed by atoms with Gasteiger partial charge < -0.3 is 10.1 Å². The van der Waals surface area contributed by atoms with Crippen LogP contribution in [0.5, 0.6) is 5.75 Å². The Labute approximate surface area is 151 Å². The average Bonchev–Trinajstić information content (AvgIpc) is 3.08. The Bertz CT molecular complexity index is 700. The molecule has 2 saturated heterocycles. The number of ether oxygens (including phenoxy) is 1. The predicted octanol–water partition coefficient (Wildman–Crippen LogP) is 1.45. The van der Waals surface area contributed by atoms with Crippen LogP contribution in [0.1, 0.15) is 25.8 Å². The molecule has 1 unspecified atom stereocenters. The maximum absolute atomic E-state index is 13.0. The first kappa shape index (κ1) is 18.6. The van der Waals surface area contributed by atoms with Gasteiger partial charge in [-0.2, -0.15) is 4.31 Å². The molecular weight excluding hydrogens is 338 g/mol.